The van der Waals surface area contributed by atoms with Crippen molar-refractivity contribution >= 4 is 23.3 Å². The van der Waals surface area contributed by atoms with Gasteiger partial charge in [-0.3, -0.25) is 9.59 Å². The maximum Gasteiger partial charge on any atom is 0.289 e. The van der Waals surface area contributed by atoms with Gasteiger partial charge >= 0.3 is 0 Å². The van der Waals surface area contributed by atoms with Crippen molar-refractivity contribution in [2.24, 2.45) is 0 Å². The van der Waals surface area contributed by atoms with Crippen LogP contribution < -0.4 is 5.32 Å². The summed E-state index contributed by atoms with van der Waals surface area (Å²) in [5.74, 6) is -0.240. The fourth-order valence-corrected chi connectivity index (χ4v) is 3.04. The number of benzene rings is 1. The van der Waals surface area contributed by atoms with E-state index in [2.05, 4.69) is 15.5 Å². The van der Waals surface area contributed by atoms with Crippen molar-refractivity contribution in [2.75, 3.05) is 31.5 Å². The number of carbonyl (C=O) groups excluding carboxylic acids is 2. The summed E-state index contributed by atoms with van der Waals surface area (Å²) in [6, 6.07) is 12.6. The van der Waals surface area contributed by atoms with Gasteiger partial charge in [-0.25, -0.2) is 4.39 Å². The Kier molecular flexibility index (Phi) is 5.19. The number of carbonyl (C=O) groups is 2. The minimum atomic E-state index is -0.406. The number of para-hydroxylation sites is 1. The lowest BCUT2D eigenvalue weighted by Crippen LogP contribution is -2.50. The molecule has 3 heterocycles. The molecule has 1 saturated heterocycles. The van der Waals surface area contributed by atoms with Gasteiger partial charge in [0.1, 0.15) is 5.82 Å². The second kappa shape index (κ2) is 8.09. The highest BCUT2D eigenvalue weighted by atomic mass is 19.1. The van der Waals surface area contributed by atoms with E-state index in [4.69, 9.17) is 4.42 Å². The fraction of sp³-hybridized carbons (Fsp3) is 0.200. The number of halogens is 1. The van der Waals surface area contributed by atoms with Crippen molar-refractivity contribution < 1.29 is 18.4 Å². The first-order valence-electron chi connectivity index (χ1n) is 9.09. The Balaban J connectivity index is 1.35. The van der Waals surface area contributed by atoms with E-state index in [9.17, 15) is 14.0 Å². The summed E-state index contributed by atoms with van der Waals surface area (Å²) in [6.07, 6.45) is 1.45. The third kappa shape index (κ3) is 4.08. The van der Waals surface area contributed by atoms with Crippen LogP contribution in [0.25, 0.3) is 0 Å². The summed E-state index contributed by atoms with van der Waals surface area (Å²) in [6.45, 7) is 1.60. The highest BCUT2D eigenvalue weighted by Crippen LogP contribution is 2.18. The number of nitrogens with one attached hydrogen (secondary N) is 1. The molecule has 0 unspecified atom stereocenters. The largest absolute Gasteiger partial charge is 0.459 e. The fourth-order valence-electron chi connectivity index (χ4n) is 3.04. The third-order valence-corrected chi connectivity index (χ3v) is 4.61. The van der Waals surface area contributed by atoms with Gasteiger partial charge in [-0.05, 0) is 36.4 Å². The first-order chi connectivity index (χ1) is 14.1. The number of aromatic nitrogens is 2. The van der Waals surface area contributed by atoms with E-state index >= 15 is 0 Å². The molecule has 1 aliphatic heterocycles. The molecule has 1 aromatic carbocycles. The number of piperazine rings is 1. The van der Waals surface area contributed by atoms with E-state index in [-0.39, 0.29) is 29.0 Å². The molecule has 9 heteroatoms. The van der Waals surface area contributed by atoms with Gasteiger partial charge in [-0.15, -0.1) is 10.2 Å². The molecule has 0 spiro atoms. The first-order valence-corrected chi connectivity index (χ1v) is 9.09. The van der Waals surface area contributed by atoms with Crippen molar-refractivity contribution in [1.82, 2.24) is 20.0 Å². The second-order valence-electron chi connectivity index (χ2n) is 6.47. The van der Waals surface area contributed by atoms with E-state index < -0.39 is 5.82 Å². The van der Waals surface area contributed by atoms with Crippen LogP contribution in [0.4, 0.5) is 15.9 Å². The van der Waals surface area contributed by atoms with Crippen LogP contribution in [0.3, 0.4) is 0 Å². The molecule has 0 bridgehead atoms. The van der Waals surface area contributed by atoms with E-state index in [1.165, 1.54) is 12.3 Å². The summed E-state index contributed by atoms with van der Waals surface area (Å²) < 4.78 is 18.8. The third-order valence-electron chi connectivity index (χ3n) is 4.61. The summed E-state index contributed by atoms with van der Waals surface area (Å²) in [7, 11) is 0. The van der Waals surface area contributed by atoms with Gasteiger partial charge in [0.15, 0.2) is 17.3 Å². The molecule has 148 valence electrons. The van der Waals surface area contributed by atoms with Gasteiger partial charge in [-0.2, -0.15) is 0 Å². The standard InChI is InChI=1S/C20H18FN5O3/c21-14-4-1-2-5-15(14)22-18-8-7-16(23-24-18)19(27)25-9-11-26(12-10-25)20(28)17-6-3-13-29-17/h1-8,13H,9-12H2,(H,22,24). The molecule has 4 rings (SSSR count). The molecule has 2 aromatic heterocycles. The monoisotopic (exact) mass is 395 g/mol. The predicted octanol–water partition coefficient (Wildman–Crippen LogP) is 2.55. The van der Waals surface area contributed by atoms with Crippen LogP contribution >= 0.6 is 0 Å². The molecule has 0 radical (unpaired) electrons. The molecule has 29 heavy (non-hydrogen) atoms. The van der Waals surface area contributed by atoms with Crippen LogP contribution in [-0.4, -0.2) is 58.0 Å². The zero-order chi connectivity index (χ0) is 20.2. The summed E-state index contributed by atoms with van der Waals surface area (Å²) in [5, 5.41) is 10.7. The van der Waals surface area contributed by atoms with Gasteiger partial charge in [0.05, 0.1) is 12.0 Å². The van der Waals surface area contributed by atoms with Gasteiger partial charge < -0.3 is 19.5 Å². The molecular formula is C20H18FN5O3. The molecule has 0 aliphatic carbocycles. The zero-order valence-electron chi connectivity index (χ0n) is 15.4. The maximum absolute atomic E-state index is 13.7. The Morgan fingerprint density at radius 2 is 1.62 bits per heavy atom. The van der Waals surface area contributed by atoms with E-state index in [1.807, 2.05) is 0 Å². The lowest BCUT2D eigenvalue weighted by Gasteiger charge is -2.34. The quantitative estimate of drug-likeness (QED) is 0.730. The summed E-state index contributed by atoms with van der Waals surface area (Å²) in [5.41, 5.74) is 0.466. The normalized spacial score (nSPS) is 14.0. The van der Waals surface area contributed by atoms with E-state index in [1.54, 1.807) is 52.3 Å². The number of hydrogen-bond donors (Lipinski definition) is 1. The maximum atomic E-state index is 13.7. The molecular weight excluding hydrogens is 377 g/mol. The lowest BCUT2D eigenvalue weighted by molar-refractivity contribution is 0.0514. The van der Waals surface area contributed by atoms with Crippen LogP contribution in [0.15, 0.2) is 59.2 Å². The van der Waals surface area contributed by atoms with Crippen LogP contribution in [0, 0.1) is 5.82 Å². The minimum absolute atomic E-state index is 0.189. The molecule has 0 atom stereocenters. The Labute approximate surface area is 165 Å². The number of nitrogens with zero attached hydrogens (tertiary/aromatic N) is 4. The Bertz CT molecular complexity index is 999. The number of rotatable bonds is 4. The SMILES string of the molecule is O=C(c1ccc(Nc2ccccc2F)nn1)N1CCN(C(=O)c2ccco2)CC1. The summed E-state index contributed by atoms with van der Waals surface area (Å²) >= 11 is 0. The Morgan fingerprint density at radius 1 is 0.897 bits per heavy atom. The molecule has 1 aliphatic rings. The Hall–Kier alpha value is -3.75. The molecule has 1 fully saturated rings. The molecule has 8 nitrogen and oxygen atoms in total. The van der Waals surface area contributed by atoms with Gasteiger partial charge in [-0.1, -0.05) is 12.1 Å². The van der Waals surface area contributed by atoms with E-state index in [0.29, 0.717) is 32.0 Å². The molecule has 3 aromatic rings. The Morgan fingerprint density at radius 3 is 2.24 bits per heavy atom. The smallest absolute Gasteiger partial charge is 0.289 e. The van der Waals surface area contributed by atoms with Crippen molar-refractivity contribution in [3.8, 4) is 0 Å². The number of hydrogen-bond acceptors (Lipinski definition) is 6. The predicted molar refractivity (Wildman–Crippen MR) is 102 cm³/mol. The van der Waals surface area contributed by atoms with Crippen molar-refractivity contribution in [2.45, 2.75) is 0 Å². The zero-order valence-corrected chi connectivity index (χ0v) is 15.4. The van der Waals surface area contributed by atoms with Crippen molar-refractivity contribution in [1.29, 1.82) is 0 Å². The van der Waals surface area contributed by atoms with Crippen molar-refractivity contribution in [3.63, 3.8) is 0 Å². The number of anilines is 2. The van der Waals surface area contributed by atoms with Crippen LogP contribution in [-0.2, 0) is 0 Å². The topological polar surface area (TPSA) is 91.6 Å². The van der Waals surface area contributed by atoms with Crippen LogP contribution in [0.5, 0.6) is 0 Å². The average Bonchev–Trinajstić information content (AvgIpc) is 3.30. The average molecular weight is 395 g/mol. The first kappa shape index (κ1) is 18.6. The van der Waals surface area contributed by atoms with E-state index in [0.717, 1.165) is 0 Å². The van der Waals surface area contributed by atoms with Gasteiger partial charge in [0.25, 0.3) is 11.8 Å². The molecule has 0 saturated carbocycles. The second-order valence-corrected chi connectivity index (χ2v) is 6.47. The molecule has 1 N–H and O–H groups in total. The van der Waals surface area contributed by atoms with Gasteiger partial charge in [0.2, 0.25) is 0 Å². The number of amides is 2. The number of furan rings is 1. The highest BCUT2D eigenvalue weighted by Gasteiger charge is 2.27. The molecule has 2 amide bonds. The van der Waals surface area contributed by atoms with Crippen LogP contribution in [0.2, 0.25) is 0 Å². The highest BCUT2D eigenvalue weighted by molar-refractivity contribution is 5.93. The summed E-state index contributed by atoms with van der Waals surface area (Å²) in [4.78, 5) is 28.2. The minimum Gasteiger partial charge on any atom is -0.459 e. The van der Waals surface area contributed by atoms with Crippen molar-refractivity contribution in [3.05, 3.63) is 72.1 Å². The van der Waals surface area contributed by atoms with Gasteiger partial charge in [0, 0.05) is 26.2 Å². The van der Waals surface area contributed by atoms with Crippen LogP contribution in [0.1, 0.15) is 21.0 Å². The lowest BCUT2D eigenvalue weighted by atomic mass is 10.2.